The number of fused-ring (bicyclic) bond motifs is 1. The van der Waals surface area contributed by atoms with E-state index < -0.39 is 11.4 Å². The number of likely N-dealkylation sites (tertiary alicyclic amines) is 1. The number of carbonyl (C=O) groups is 2. The van der Waals surface area contributed by atoms with E-state index in [-0.39, 0.29) is 36.2 Å². The van der Waals surface area contributed by atoms with Crippen LogP contribution in [-0.4, -0.2) is 50.4 Å². The maximum Gasteiger partial charge on any atom is 0.306 e. The van der Waals surface area contributed by atoms with E-state index in [1.807, 2.05) is 40.7 Å². The molecular weight excluding hydrogens is 457 g/mol. The fourth-order valence-electron chi connectivity index (χ4n) is 3.83. The molecular formula is C24H28FN5O3S. The molecule has 1 atom stereocenters. The van der Waals surface area contributed by atoms with Crippen molar-refractivity contribution >= 4 is 39.4 Å². The third kappa shape index (κ3) is 5.49. The minimum Gasteiger partial charge on any atom is -0.460 e. The first kappa shape index (κ1) is 24.0. The predicted octanol–water partition coefficient (Wildman–Crippen LogP) is 4.51. The highest BCUT2D eigenvalue weighted by molar-refractivity contribution is 7.19. The molecule has 0 bridgehead atoms. The van der Waals surface area contributed by atoms with Crippen LogP contribution >= 0.6 is 11.3 Å². The number of nitrogens with zero attached hydrogens (tertiary/aromatic N) is 4. The predicted molar refractivity (Wildman–Crippen MR) is 128 cm³/mol. The second-order valence-electron chi connectivity index (χ2n) is 9.64. The largest absolute Gasteiger partial charge is 0.460 e. The van der Waals surface area contributed by atoms with Crippen LogP contribution in [0.5, 0.6) is 0 Å². The smallest absolute Gasteiger partial charge is 0.306 e. The van der Waals surface area contributed by atoms with Crippen molar-refractivity contribution < 1.29 is 18.7 Å². The number of pyridine rings is 1. The zero-order valence-corrected chi connectivity index (χ0v) is 20.7. The Labute approximate surface area is 201 Å². The van der Waals surface area contributed by atoms with E-state index in [4.69, 9.17) is 4.74 Å². The van der Waals surface area contributed by atoms with E-state index in [1.165, 1.54) is 17.4 Å². The van der Waals surface area contributed by atoms with E-state index >= 15 is 0 Å². The molecule has 8 nitrogen and oxygen atoms in total. The Bertz CT molecular complexity index is 1230. The fraction of sp³-hybridized carbons (Fsp3) is 0.458. The highest BCUT2D eigenvalue weighted by atomic mass is 32.1. The summed E-state index contributed by atoms with van der Waals surface area (Å²) in [5.74, 6) is -0.519. The summed E-state index contributed by atoms with van der Waals surface area (Å²) in [6.45, 7) is 10.3. The molecule has 0 aliphatic carbocycles. The zero-order valence-electron chi connectivity index (χ0n) is 19.9. The molecule has 0 saturated carbocycles. The number of esters is 1. The molecule has 3 aromatic rings. The van der Waals surface area contributed by atoms with Gasteiger partial charge in [0.25, 0.3) is 5.91 Å². The Morgan fingerprint density at radius 3 is 2.68 bits per heavy atom. The van der Waals surface area contributed by atoms with Crippen molar-refractivity contribution in [2.45, 2.75) is 52.7 Å². The maximum atomic E-state index is 13.6. The van der Waals surface area contributed by atoms with Gasteiger partial charge in [-0.2, -0.15) is 0 Å². The quantitative estimate of drug-likeness (QED) is 0.513. The number of hydrogen-bond acceptors (Lipinski definition) is 8. The molecule has 34 heavy (non-hydrogen) atoms. The number of nitrogens with one attached hydrogen (secondary N) is 1. The van der Waals surface area contributed by atoms with Gasteiger partial charge in [-0.3, -0.25) is 14.6 Å². The first-order chi connectivity index (χ1) is 16.0. The van der Waals surface area contributed by atoms with Gasteiger partial charge in [0, 0.05) is 30.1 Å². The molecule has 4 heterocycles. The number of halogens is 1. The van der Waals surface area contributed by atoms with Crippen LogP contribution in [0, 0.1) is 18.7 Å². The molecule has 0 aromatic carbocycles. The second-order valence-corrected chi connectivity index (χ2v) is 10.9. The Morgan fingerprint density at radius 2 is 2.00 bits per heavy atom. The third-order valence-electron chi connectivity index (χ3n) is 5.39. The minimum atomic E-state index is -0.526. The molecule has 180 valence electrons. The van der Waals surface area contributed by atoms with E-state index in [9.17, 15) is 14.0 Å². The summed E-state index contributed by atoms with van der Waals surface area (Å²) in [6, 6.07) is 3.00. The Morgan fingerprint density at radius 1 is 1.26 bits per heavy atom. The summed E-state index contributed by atoms with van der Waals surface area (Å²) in [7, 11) is 0. The average Bonchev–Trinajstić information content (AvgIpc) is 3.08. The molecule has 0 spiro atoms. The summed E-state index contributed by atoms with van der Waals surface area (Å²) in [5.41, 5.74) is 1.12. The molecule has 1 amide bonds. The molecule has 3 aromatic heterocycles. The van der Waals surface area contributed by atoms with Crippen molar-refractivity contribution in [2.24, 2.45) is 5.92 Å². The monoisotopic (exact) mass is 485 g/mol. The van der Waals surface area contributed by atoms with E-state index in [1.54, 1.807) is 11.1 Å². The van der Waals surface area contributed by atoms with Crippen molar-refractivity contribution in [3.8, 4) is 0 Å². The lowest BCUT2D eigenvalue weighted by atomic mass is 9.96. The van der Waals surface area contributed by atoms with Crippen molar-refractivity contribution in [3.63, 3.8) is 0 Å². The second kappa shape index (κ2) is 9.25. The summed E-state index contributed by atoms with van der Waals surface area (Å²) >= 11 is 1.47. The summed E-state index contributed by atoms with van der Waals surface area (Å²) in [5, 5.41) is 3.16. The van der Waals surface area contributed by atoms with Gasteiger partial charge >= 0.3 is 5.97 Å². The van der Waals surface area contributed by atoms with E-state index in [2.05, 4.69) is 20.3 Å². The number of aromatic nitrogens is 3. The highest BCUT2D eigenvalue weighted by Crippen LogP contribution is 2.31. The molecule has 1 N–H and O–H groups in total. The Kier molecular flexibility index (Phi) is 6.53. The lowest BCUT2D eigenvalue weighted by Gasteiger charge is -2.39. The first-order valence-electron chi connectivity index (χ1n) is 11.1. The highest BCUT2D eigenvalue weighted by Gasteiger charge is 2.35. The lowest BCUT2D eigenvalue weighted by Crippen LogP contribution is -2.51. The van der Waals surface area contributed by atoms with Crippen molar-refractivity contribution in [2.75, 3.05) is 18.4 Å². The van der Waals surface area contributed by atoms with Crippen molar-refractivity contribution in [1.29, 1.82) is 0 Å². The zero-order chi connectivity index (χ0) is 24.6. The molecule has 0 unspecified atom stereocenters. The van der Waals surface area contributed by atoms with Crippen LogP contribution < -0.4 is 5.32 Å². The van der Waals surface area contributed by atoms with Gasteiger partial charge in [0.2, 0.25) is 5.95 Å². The van der Waals surface area contributed by atoms with Gasteiger partial charge in [-0.15, -0.1) is 11.3 Å². The van der Waals surface area contributed by atoms with Crippen LogP contribution in [0.3, 0.4) is 0 Å². The first-order valence-corrected chi connectivity index (χ1v) is 12.0. The fourth-order valence-corrected chi connectivity index (χ4v) is 4.77. The molecule has 1 aliphatic heterocycles. The topological polar surface area (TPSA) is 97.3 Å². The number of ether oxygens (including phenoxy) is 1. The number of amides is 1. The van der Waals surface area contributed by atoms with E-state index in [0.717, 1.165) is 15.8 Å². The van der Waals surface area contributed by atoms with Gasteiger partial charge in [-0.1, -0.05) is 0 Å². The minimum absolute atomic E-state index is 0.0688. The average molecular weight is 486 g/mol. The molecule has 1 fully saturated rings. The van der Waals surface area contributed by atoms with E-state index in [0.29, 0.717) is 29.9 Å². The number of aryl methyl sites for hydroxylation is 1. The summed E-state index contributed by atoms with van der Waals surface area (Å²) < 4.78 is 19.7. The molecule has 1 saturated heterocycles. The van der Waals surface area contributed by atoms with Crippen molar-refractivity contribution in [3.05, 3.63) is 46.5 Å². The maximum absolute atomic E-state index is 13.6. The number of carbonyl (C=O) groups excluding carboxylic acids is 2. The number of hydrogen-bond donors (Lipinski definition) is 1. The lowest BCUT2D eigenvalue weighted by molar-refractivity contribution is -0.157. The standard InChI is InChI=1S/C24H28FN5O3S/c1-13-6-18-21(34-13)20(22(32)30-11-15(12-30)7-19(31)33-24(3,4)5)29-23(28-18)27-14(2)16-8-17(25)10-26-9-16/h6,8-10,14-15H,7,11-12H2,1-5H3,(H,27,28,29)/t14-/m0/s1. The van der Waals surface area contributed by atoms with Gasteiger partial charge in [0.1, 0.15) is 11.4 Å². The summed E-state index contributed by atoms with van der Waals surface area (Å²) in [4.78, 5) is 41.1. The Balaban J connectivity index is 1.50. The van der Waals surface area contributed by atoms with Crippen LogP contribution in [0.2, 0.25) is 0 Å². The normalized spacial score (nSPS) is 15.2. The SMILES string of the molecule is Cc1cc2nc(N[C@@H](C)c3cncc(F)c3)nc(C(=O)N3CC(CC(=O)OC(C)(C)C)C3)c2s1. The summed E-state index contributed by atoms with van der Waals surface area (Å²) in [6.07, 6.45) is 3.00. The van der Waals surface area contributed by atoms with Crippen LogP contribution in [0.4, 0.5) is 10.3 Å². The molecule has 1 aliphatic rings. The van der Waals surface area contributed by atoms with Crippen LogP contribution in [0.25, 0.3) is 10.2 Å². The molecule has 0 radical (unpaired) electrons. The van der Waals surface area contributed by atoms with Gasteiger partial charge < -0.3 is 15.0 Å². The van der Waals surface area contributed by atoms with Gasteiger partial charge in [-0.05, 0) is 52.3 Å². The van der Waals surface area contributed by atoms with Crippen LogP contribution in [0.1, 0.15) is 61.1 Å². The Hall–Kier alpha value is -3.14. The van der Waals surface area contributed by atoms with Gasteiger partial charge in [0.05, 0.1) is 28.9 Å². The van der Waals surface area contributed by atoms with Gasteiger partial charge in [-0.25, -0.2) is 14.4 Å². The number of rotatable bonds is 6. The van der Waals surface area contributed by atoms with Crippen molar-refractivity contribution in [1.82, 2.24) is 19.9 Å². The molecule has 4 rings (SSSR count). The van der Waals surface area contributed by atoms with Gasteiger partial charge in [0.15, 0.2) is 5.69 Å². The number of anilines is 1. The van der Waals surface area contributed by atoms with Crippen LogP contribution in [-0.2, 0) is 9.53 Å². The molecule has 10 heteroatoms. The van der Waals surface area contributed by atoms with Crippen LogP contribution in [0.15, 0.2) is 24.5 Å². The number of thiophene rings is 1. The third-order valence-corrected chi connectivity index (χ3v) is 6.44.